The lowest BCUT2D eigenvalue weighted by molar-refractivity contribution is 0.321. The summed E-state index contributed by atoms with van der Waals surface area (Å²) in [6, 6.07) is 12.2. The lowest BCUT2D eigenvalue weighted by Gasteiger charge is -2.09. The predicted molar refractivity (Wildman–Crippen MR) is 70.1 cm³/mol. The van der Waals surface area contributed by atoms with Gasteiger partial charge in [0.25, 0.3) is 0 Å². The summed E-state index contributed by atoms with van der Waals surface area (Å²) in [6.45, 7) is 0. The van der Waals surface area contributed by atoms with E-state index < -0.39 is 0 Å². The van der Waals surface area contributed by atoms with Crippen LogP contribution in [0.5, 0.6) is 0 Å². The van der Waals surface area contributed by atoms with Crippen LogP contribution in [0.4, 0.5) is 0 Å². The first-order chi connectivity index (χ1) is 8.31. The zero-order valence-electron chi connectivity index (χ0n) is 9.23. The molecule has 0 saturated heterocycles. The Morgan fingerprint density at radius 2 is 1.82 bits per heavy atom. The molecule has 0 radical (unpaired) electrons. The van der Waals surface area contributed by atoms with Crippen molar-refractivity contribution in [2.24, 2.45) is 5.16 Å². The first-order valence-corrected chi connectivity index (χ1v) is 6.08. The van der Waals surface area contributed by atoms with Gasteiger partial charge >= 0.3 is 0 Å². The normalized spacial score (nSPS) is 16.4. The number of nitrogens with zero attached hydrogens (tertiary/aromatic N) is 1. The van der Waals surface area contributed by atoms with E-state index in [1.54, 1.807) is 0 Å². The van der Waals surface area contributed by atoms with Crippen LogP contribution < -0.4 is 0 Å². The van der Waals surface area contributed by atoms with Crippen LogP contribution in [0.1, 0.15) is 29.9 Å². The van der Waals surface area contributed by atoms with Crippen molar-refractivity contribution in [3.8, 4) is 0 Å². The Kier molecular flexibility index (Phi) is 2.52. The SMILES string of the molecule is O/N=C(/Cl)c1ccc(C2CC2)c2ccccc12. The fourth-order valence-electron chi connectivity index (χ4n) is 2.31. The maximum absolute atomic E-state index is 8.79. The molecule has 86 valence electrons. The molecule has 1 saturated carbocycles. The highest BCUT2D eigenvalue weighted by molar-refractivity contribution is 6.70. The van der Waals surface area contributed by atoms with Crippen LogP contribution in [0.15, 0.2) is 41.6 Å². The molecule has 0 heterocycles. The van der Waals surface area contributed by atoms with Crippen molar-refractivity contribution in [1.82, 2.24) is 0 Å². The first kappa shape index (κ1) is 10.6. The molecule has 3 rings (SSSR count). The van der Waals surface area contributed by atoms with Gasteiger partial charge in [0.1, 0.15) is 0 Å². The van der Waals surface area contributed by atoms with E-state index in [0.29, 0.717) is 5.92 Å². The van der Waals surface area contributed by atoms with E-state index in [-0.39, 0.29) is 5.17 Å². The third-order valence-corrected chi connectivity index (χ3v) is 3.56. The molecule has 3 heteroatoms. The van der Waals surface area contributed by atoms with Gasteiger partial charge in [-0.15, -0.1) is 0 Å². The highest BCUT2D eigenvalue weighted by Gasteiger charge is 2.25. The summed E-state index contributed by atoms with van der Waals surface area (Å²) >= 11 is 5.92. The van der Waals surface area contributed by atoms with E-state index >= 15 is 0 Å². The van der Waals surface area contributed by atoms with Gasteiger partial charge in [-0.3, -0.25) is 0 Å². The van der Waals surface area contributed by atoms with Gasteiger partial charge < -0.3 is 5.21 Å². The largest absolute Gasteiger partial charge is 0.410 e. The second-order valence-electron chi connectivity index (χ2n) is 4.41. The van der Waals surface area contributed by atoms with Gasteiger partial charge in [-0.05, 0) is 35.1 Å². The van der Waals surface area contributed by atoms with Crippen LogP contribution in [0.25, 0.3) is 10.8 Å². The maximum Gasteiger partial charge on any atom is 0.175 e. The van der Waals surface area contributed by atoms with Crippen molar-refractivity contribution in [1.29, 1.82) is 0 Å². The summed E-state index contributed by atoms with van der Waals surface area (Å²) in [5.41, 5.74) is 2.17. The second kappa shape index (κ2) is 4.04. The van der Waals surface area contributed by atoms with Gasteiger partial charge in [0, 0.05) is 5.56 Å². The number of oxime groups is 1. The van der Waals surface area contributed by atoms with Gasteiger partial charge in [0.05, 0.1) is 0 Å². The molecule has 1 aliphatic carbocycles. The third kappa shape index (κ3) is 1.79. The summed E-state index contributed by atoms with van der Waals surface area (Å²) in [5.74, 6) is 0.693. The van der Waals surface area contributed by atoms with E-state index in [1.807, 2.05) is 24.3 Å². The maximum atomic E-state index is 8.79. The topological polar surface area (TPSA) is 32.6 Å². The average molecular weight is 246 g/mol. The summed E-state index contributed by atoms with van der Waals surface area (Å²) in [4.78, 5) is 0. The molecule has 1 fully saturated rings. The number of rotatable bonds is 2. The summed E-state index contributed by atoms with van der Waals surface area (Å²) in [7, 11) is 0. The summed E-state index contributed by atoms with van der Waals surface area (Å²) < 4.78 is 0. The van der Waals surface area contributed by atoms with E-state index in [4.69, 9.17) is 16.8 Å². The summed E-state index contributed by atoms with van der Waals surface area (Å²) in [6.07, 6.45) is 2.54. The lowest BCUT2D eigenvalue weighted by atomic mass is 9.97. The molecule has 2 nitrogen and oxygen atoms in total. The number of halogens is 1. The van der Waals surface area contributed by atoms with E-state index in [2.05, 4.69) is 17.3 Å². The number of hydrogen-bond acceptors (Lipinski definition) is 2. The molecule has 2 aromatic rings. The Bertz CT molecular complexity index is 602. The molecule has 0 aromatic heterocycles. The Morgan fingerprint density at radius 3 is 2.47 bits per heavy atom. The van der Waals surface area contributed by atoms with E-state index in [1.165, 1.54) is 23.8 Å². The van der Waals surface area contributed by atoms with Crippen LogP contribution >= 0.6 is 11.6 Å². The Hall–Kier alpha value is -1.54. The Labute approximate surface area is 105 Å². The third-order valence-electron chi connectivity index (χ3n) is 3.29. The lowest BCUT2D eigenvalue weighted by Crippen LogP contribution is -1.95. The monoisotopic (exact) mass is 245 g/mol. The molecule has 17 heavy (non-hydrogen) atoms. The van der Waals surface area contributed by atoms with Crippen LogP contribution in [0, 0.1) is 0 Å². The molecular weight excluding hydrogens is 234 g/mol. The number of benzene rings is 2. The van der Waals surface area contributed by atoms with Gasteiger partial charge in [-0.2, -0.15) is 0 Å². The van der Waals surface area contributed by atoms with Gasteiger partial charge in [-0.25, -0.2) is 0 Å². The highest BCUT2D eigenvalue weighted by atomic mass is 35.5. The highest BCUT2D eigenvalue weighted by Crippen LogP contribution is 2.43. The molecule has 0 bridgehead atoms. The van der Waals surface area contributed by atoms with Crippen LogP contribution in [-0.2, 0) is 0 Å². The van der Waals surface area contributed by atoms with Gasteiger partial charge in [0.15, 0.2) is 5.17 Å². The molecule has 0 unspecified atom stereocenters. The molecule has 0 amide bonds. The fraction of sp³-hybridized carbons (Fsp3) is 0.214. The Balaban J connectivity index is 2.30. The summed E-state index contributed by atoms with van der Waals surface area (Å²) in [5, 5.41) is 14.3. The quantitative estimate of drug-likeness (QED) is 0.482. The molecule has 0 aliphatic heterocycles. The standard InChI is InChI=1S/C14H12ClNO/c15-14(16-17)13-8-7-10(9-5-6-9)11-3-1-2-4-12(11)13/h1-4,7-9,17H,5-6H2/b16-14+. The molecule has 1 N–H and O–H groups in total. The van der Waals surface area contributed by atoms with Crippen molar-refractivity contribution >= 4 is 27.5 Å². The van der Waals surface area contributed by atoms with Gasteiger partial charge in [0.2, 0.25) is 0 Å². The molecular formula is C14H12ClNO. The molecule has 0 atom stereocenters. The van der Waals surface area contributed by atoms with Gasteiger partial charge in [-0.1, -0.05) is 53.2 Å². The minimum atomic E-state index is 0.142. The molecule has 1 aliphatic rings. The van der Waals surface area contributed by atoms with Crippen molar-refractivity contribution in [3.63, 3.8) is 0 Å². The Morgan fingerprint density at radius 1 is 1.12 bits per heavy atom. The second-order valence-corrected chi connectivity index (χ2v) is 4.77. The number of hydrogen-bond donors (Lipinski definition) is 1. The average Bonchev–Trinajstić information content (AvgIpc) is 3.21. The van der Waals surface area contributed by atoms with Crippen molar-refractivity contribution in [2.45, 2.75) is 18.8 Å². The zero-order valence-corrected chi connectivity index (χ0v) is 9.98. The van der Waals surface area contributed by atoms with E-state index in [9.17, 15) is 0 Å². The van der Waals surface area contributed by atoms with Crippen molar-refractivity contribution < 1.29 is 5.21 Å². The fourth-order valence-corrected chi connectivity index (χ4v) is 2.47. The zero-order chi connectivity index (χ0) is 11.8. The van der Waals surface area contributed by atoms with Crippen LogP contribution in [0.3, 0.4) is 0 Å². The predicted octanol–water partition coefficient (Wildman–Crippen LogP) is 4.09. The molecule has 2 aromatic carbocycles. The van der Waals surface area contributed by atoms with E-state index in [0.717, 1.165) is 10.9 Å². The molecule has 0 spiro atoms. The van der Waals surface area contributed by atoms with Crippen molar-refractivity contribution in [2.75, 3.05) is 0 Å². The minimum absolute atomic E-state index is 0.142. The van der Waals surface area contributed by atoms with Crippen LogP contribution in [-0.4, -0.2) is 10.4 Å². The first-order valence-electron chi connectivity index (χ1n) is 5.71. The minimum Gasteiger partial charge on any atom is -0.410 e. The van der Waals surface area contributed by atoms with Crippen LogP contribution in [0.2, 0.25) is 0 Å². The van der Waals surface area contributed by atoms with Crippen molar-refractivity contribution in [3.05, 3.63) is 47.5 Å². The smallest absolute Gasteiger partial charge is 0.175 e. The number of fused-ring (bicyclic) bond motifs is 1.